The zero-order valence-electron chi connectivity index (χ0n) is 23.5. The first kappa shape index (κ1) is 33.7. The summed E-state index contributed by atoms with van der Waals surface area (Å²) >= 11 is 1.50. The summed E-state index contributed by atoms with van der Waals surface area (Å²) in [5.41, 5.74) is 0.585. The van der Waals surface area contributed by atoms with Gasteiger partial charge in [-0.2, -0.15) is 13.2 Å². The number of benzene rings is 5. The second kappa shape index (κ2) is 14.7. The fourth-order valence-corrected chi connectivity index (χ4v) is 7.14. The third-order valence-corrected chi connectivity index (χ3v) is 9.48. The molecule has 0 saturated carbocycles. The van der Waals surface area contributed by atoms with Crippen LogP contribution in [0.15, 0.2) is 152 Å². The zero-order chi connectivity index (χ0) is 32.6. The summed E-state index contributed by atoms with van der Waals surface area (Å²) in [7, 11) is -5.05. The van der Waals surface area contributed by atoms with E-state index < -0.39 is 29.9 Å². The Labute approximate surface area is 262 Å². The van der Waals surface area contributed by atoms with E-state index in [0.29, 0.717) is 16.9 Å². The molecule has 0 radical (unpaired) electrons. The van der Waals surface area contributed by atoms with Gasteiger partial charge >= 0.3 is 13.4 Å². The van der Waals surface area contributed by atoms with Crippen LogP contribution in [0.1, 0.15) is 21.5 Å². The number of ether oxygens (including phenoxy) is 1. The van der Waals surface area contributed by atoms with Gasteiger partial charge in [-0.1, -0.05) is 54.2 Å². The predicted octanol–water partition coefficient (Wildman–Crippen LogP) is 10.5. The Morgan fingerprint density at radius 3 is 1.64 bits per heavy atom. The molecule has 0 spiro atoms. The number of methoxy groups -OCH3 is 1. The average Bonchev–Trinajstić information content (AvgIpc) is 3.02. The van der Waals surface area contributed by atoms with Gasteiger partial charge in [0.25, 0.3) is 0 Å². The van der Waals surface area contributed by atoms with Crippen molar-refractivity contribution in [3.8, 4) is 5.75 Å². The van der Waals surface area contributed by atoms with Gasteiger partial charge in [-0.3, -0.25) is 4.79 Å². The maximum atomic E-state index is 13.2. The van der Waals surface area contributed by atoms with Crippen molar-refractivity contribution >= 4 is 35.7 Å². The van der Waals surface area contributed by atoms with Crippen molar-refractivity contribution in [3.05, 3.63) is 144 Å². The minimum atomic E-state index is -6.00. The van der Waals surface area contributed by atoms with Crippen molar-refractivity contribution in [2.75, 3.05) is 7.11 Å². The van der Waals surface area contributed by atoms with Gasteiger partial charge in [0.1, 0.15) is 5.75 Å². The molecular weight excluding hydrogens is 636 g/mol. The van der Waals surface area contributed by atoms with Gasteiger partial charge in [-0.25, -0.2) is 0 Å². The average molecular weight is 660 g/mol. The number of hydrogen-bond donors (Lipinski definition) is 0. The van der Waals surface area contributed by atoms with Crippen molar-refractivity contribution in [3.63, 3.8) is 0 Å². The van der Waals surface area contributed by atoms with Crippen LogP contribution in [0.2, 0.25) is 0 Å². The van der Waals surface area contributed by atoms with Gasteiger partial charge in [-0.05, 0) is 84.9 Å². The molecule has 0 bridgehead atoms. The molecule has 0 amide bonds. The van der Waals surface area contributed by atoms with E-state index in [1.54, 1.807) is 31.4 Å². The van der Waals surface area contributed by atoms with Crippen molar-refractivity contribution in [1.29, 1.82) is 0 Å². The Kier molecular flexibility index (Phi) is 11.1. The maximum Gasteiger partial charge on any atom is 0.673 e. The largest absolute Gasteiger partial charge is 0.673 e. The molecule has 5 aromatic rings. The number of rotatable bonds is 8. The van der Waals surface area contributed by atoms with E-state index in [-0.39, 0.29) is 5.78 Å². The zero-order valence-corrected chi connectivity index (χ0v) is 25.1. The summed E-state index contributed by atoms with van der Waals surface area (Å²) in [6.45, 7) is 0. The molecular formula is C33H24BF7O2S2. The number of hydrogen-bond acceptors (Lipinski definition) is 3. The third kappa shape index (κ3) is 9.66. The van der Waals surface area contributed by atoms with E-state index in [2.05, 4.69) is 0 Å². The molecule has 5 rings (SSSR count). The highest BCUT2D eigenvalue weighted by Gasteiger charge is 2.33. The van der Waals surface area contributed by atoms with Crippen molar-refractivity contribution in [2.45, 2.75) is 30.7 Å². The molecule has 232 valence electrons. The summed E-state index contributed by atoms with van der Waals surface area (Å²) in [6, 6.07) is 37.6. The number of alkyl halides is 3. The third-order valence-electron chi connectivity index (χ3n) is 6.17. The number of ketones is 1. The first-order valence-corrected chi connectivity index (χ1v) is 15.3. The highest BCUT2D eigenvalue weighted by Crippen LogP contribution is 2.37. The van der Waals surface area contributed by atoms with Crippen molar-refractivity contribution in [1.82, 2.24) is 0 Å². The summed E-state index contributed by atoms with van der Waals surface area (Å²) in [6.07, 6.45) is -4.39. The van der Waals surface area contributed by atoms with Gasteiger partial charge in [0.05, 0.1) is 23.6 Å². The minimum absolute atomic E-state index is 0.0383. The molecule has 0 aliphatic rings. The van der Waals surface area contributed by atoms with E-state index in [1.807, 2.05) is 91.0 Å². The van der Waals surface area contributed by atoms with E-state index in [4.69, 9.17) is 4.74 Å². The molecule has 0 aliphatic carbocycles. The summed E-state index contributed by atoms with van der Waals surface area (Å²) in [5, 5.41) is 0. The van der Waals surface area contributed by atoms with E-state index >= 15 is 0 Å². The van der Waals surface area contributed by atoms with Crippen molar-refractivity contribution < 1.29 is 40.0 Å². The van der Waals surface area contributed by atoms with Crippen LogP contribution in [-0.4, -0.2) is 20.1 Å². The van der Waals surface area contributed by atoms with Crippen LogP contribution in [0.25, 0.3) is 0 Å². The minimum Gasteiger partial charge on any atom is -0.497 e. The molecule has 0 heterocycles. The normalized spacial score (nSPS) is 12.1. The Morgan fingerprint density at radius 2 is 1.13 bits per heavy atom. The second-order valence-electron chi connectivity index (χ2n) is 9.26. The van der Waals surface area contributed by atoms with Gasteiger partial charge < -0.3 is 22.0 Å². The fourth-order valence-electron chi connectivity index (χ4n) is 4.16. The van der Waals surface area contributed by atoms with Gasteiger partial charge in [0.15, 0.2) is 20.5 Å². The number of carbonyl (C=O) groups is 1. The topological polar surface area (TPSA) is 26.3 Å². The van der Waals surface area contributed by atoms with Crippen LogP contribution in [0.3, 0.4) is 0 Å². The lowest BCUT2D eigenvalue weighted by atomic mass is 10.0. The predicted molar refractivity (Wildman–Crippen MR) is 164 cm³/mol. The molecule has 5 aromatic carbocycles. The van der Waals surface area contributed by atoms with E-state index in [1.165, 1.54) is 11.8 Å². The monoisotopic (exact) mass is 660 g/mol. The van der Waals surface area contributed by atoms with E-state index in [0.717, 1.165) is 36.6 Å². The van der Waals surface area contributed by atoms with Gasteiger partial charge in [0.2, 0.25) is 0 Å². The molecule has 0 aliphatic heterocycles. The second-order valence-corrected chi connectivity index (χ2v) is 12.4. The smallest absolute Gasteiger partial charge is 0.497 e. The summed E-state index contributed by atoms with van der Waals surface area (Å²) in [5.74, 6) is 0.666. The first-order valence-electron chi connectivity index (χ1n) is 13.2. The quantitative estimate of drug-likeness (QED) is 0.0717. The van der Waals surface area contributed by atoms with E-state index in [9.17, 15) is 35.2 Å². The lowest BCUT2D eigenvalue weighted by Gasteiger charge is -2.12. The van der Waals surface area contributed by atoms with Crippen LogP contribution in [0, 0.1) is 0 Å². The van der Waals surface area contributed by atoms with Gasteiger partial charge in [0, 0.05) is 20.9 Å². The molecule has 12 heteroatoms. The molecule has 0 saturated heterocycles. The summed E-state index contributed by atoms with van der Waals surface area (Å²) in [4.78, 5) is 17.6. The maximum absolute atomic E-state index is 13.2. The molecule has 45 heavy (non-hydrogen) atoms. The molecule has 0 fully saturated rings. The highest BCUT2D eigenvalue weighted by molar-refractivity contribution is 7.99. The Morgan fingerprint density at radius 1 is 0.667 bits per heavy atom. The standard InChI is InChI=1S/C33H24F3O2S2.BF4/c1-38-25-13-19-28(20-14-25)40(27-17-11-24(12-18-27)33(34,35)36)29-21-15-26(16-22-29)39-31-10-6-5-9-30(31)32(37)23-7-3-2-4-8-23;2-1(3,4)5/h2-22H,1H3;/q+1;-1. The molecule has 0 N–H and O–H groups in total. The van der Waals surface area contributed by atoms with Gasteiger partial charge in [-0.15, -0.1) is 0 Å². The molecule has 1 unspecified atom stereocenters. The van der Waals surface area contributed by atoms with Crippen LogP contribution >= 0.6 is 11.8 Å². The van der Waals surface area contributed by atoms with Crippen LogP contribution in [0.4, 0.5) is 30.4 Å². The SMILES string of the molecule is COc1ccc([S+](c2ccc(Sc3ccccc3C(=O)c3ccccc3)cc2)c2ccc(C(F)(F)F)cc2)cc1.F[B-](F)(F)F. The molecule has 0 aromatic heterocycles. The highest BCUT2D eigenvalue weighted by atomic mass is 32.2. The fraction of sp³-hybridized carbons (Fsp3) is 0.0606. The van der Waals surface area contributed by atoms with Crippen LogP contribution in [-0.2, 0) is 17.1 Å². The lowest BCUT2D eigenvalue weighted by molar-refractivity contribution is -0.137. The molecule has 2 nitrogen and oxygen atoms in total. The van der Waals surface area contributed by atoms with Crippen LogP contribution in [0.5, 0.6) is 5.75 Å². The van der Waals surface area contributed by atoms with Crippen LogP contribution < -0.4 is 4.74 Å². The lowest BCUT2D eigenvalue weighted by Crippen LogP contribution is -2.08. The first-order chi connectivity index (χ1) is 21.3. The Balaban J connectivity index is 0.000000854. The van der Waals surface area contributed by atoms with Crippen molar-refractivity contribution in [2.24, 2.45) is 0 Å². The molecule has 1 atom stereocenters. The number of halogens is 7. The number of carbonyl (C=O) groups excluding carboxylic acids is 1. The summed E-state index contributed by atoms with van der Waals surface area (Å²) < 4.78 is 83.9. The Hall–Kier alpha value is -4.16. The Bertz CT molecular complexity index is 1690.